The van der Waals surface area contributed by atoms with Crippen LogP contribution in [0.2, 0.25) is 0 Å². The molecule has 0 saturated carbocycles. The van der Waals surface area contributed by atoms with Gasteiger partial charge in [0.05, 0.1) is 18.1 Å². The summed E-state index contributed by atoms with van der Waals surface area (Å²) < 4.78 is 5.34. The first kappa shape index (κ1) is 16.0. The van der Waals surface area contributed by atoms with Crippen molar-refractivity contribution in [2.45, 2.75) is 6.42 Å². The van der Waals surface area contributed by atoms with E-state index in [4.69, 9.17) is 15.1 Å². The Morgan fingerprint density at radius 2 is 1.91 bits per heavy atom. The second kappa shape index (κ2) is 7.61. The standard InChI is InChI=1S/C17H14N2O4/c18-9-8-12-4-6-15(7-5-12)23-11-16(20)19-14-3-1-2-13(10-14)17(21)22/h1-7,10H,8,11H2,(H,19,20)(H,21,22). The Balaban J connectivity index is 1.89. The van der Waals surface area contributed by atoms with E-state index in [1.54, 1.807) is 36.4 Å². The van der Waals surface area contributed by atoms with Crippen molar-refractivity contribution in [3.8, 4) is 11.8 Å². The Hall–Kier alpha value is -3.33. The Morgan fingerprint density at radius 1 is 1.17 bits per heavy atom. The molecule has 2 N–H and O–H groups in total. The summed E-state index contributed by atoms with van der Waals surface area (Å²) in [6.45, 7) is -0.200. The van der Waals surface area contributed by atoms with Crippen LogP contribution in [0.25, 0.3) is 0 Å². The number of hydrogen-bond acceptors (Lipinski definition) is 4. The number of carbonyl (C=O) groups excluding carboxylic acids is 1. The molecule has 0 aliphatic heterocycles. The van der Waals surface area contributed by atoms with Gasteiger partial charge in [0.1, 0.15) is 5.75 Å². The molecule has 0 unspecified atom stereocenters. The first-order valence-electron chi connectivity index (χ1n) is 6.80. The normalized spacial score (nSPS) is 9.70. The first-order valence-corrected chi connectivity index (χ1v) is 6.80. The van der Waals surface area contributed by atoms with Gasteiger partial charge in [-0.05, 0) is 35.9 Å². The number of carboxylic acids is 1. The summed E-state index contributed by atoms with van der Waals surface area (Å²) >= 11 is 0. The molecule has 2 rings (SSSR count). The fraction of sp³-hybridized carbons (Fsp3) is 0.118. The molecular formula is C17H14N2O4. The van der Waals surface area contributed by atoms with Crippen LogP contribution in [-0.4, -0.2) is 23.6 Å². The Bertz CT molecular complexity index is 748. The molecule has 116 valence electrons. The van der Waals surface area contributed by atoms with Gasteiger partial charge in [0.25, 0.3) is 5.91 Å². The molecule has 6 nitrogen and oxygen atoms in total. The van der Waals surface area contributed by atoms with E-state index >= 15 is 0 Å². The van der Waals surface area contributed by atoms with E-state index in [9.17, 15) is 9.59 Å². The minimum Gasteiger partial charge on any atom is -0.484 e. The number of anilines is 1. The van der Waals surface area contributed by atoms with Gasteiger partial charge in [0, 0.05) is 5.69 Å². The van der Waals surface area contributed by atoms with Gasteiger partial charge < -0.3 is 15.2 Å². The van der Waals surface area contributed by atoms with Crippen molar-refractivity contribution in [1.82, 2.24) is 0 Å². The lowest BCUT2D eigenvalue weighted by molar-refractivity contribution is -0.118. The van der Waals surface area contributed by atoms with Crippen molar-refractivity contribution in [1.29, 1.82) is 5.26 Å². The number of amides is 1. The number of rotatable bonds is 6. The van der Waals surface area contributed by atoms with Crippen molar-refractivity contribution in [2.75, 3.05) is 11.9 Å². The van der Waals surface area contributed by atoms with Gasteiger partial charge in [-0.2, -0.15) is 5.26 Å². The number of hydrogen-bond donors (Lipinski definition) is 2. The van der Waals surface area contributed by atoms with Crippen molar-refractivity contribution >= 4 is 17.6 Å². The third-order valence-corrected chi connectivity index (χ3v) is 2.97. The van der Waals surface area contributed by atoms with Crippen LogP contribution in [0.3, 0.4) is 0 Å². The van der Waals surface area contributed by atoms with E-state index in [1.807, 2.05) is 6.07 Å². The summed E-state index contributed by atoms with van der Waals surface area (Å²) in [5.41, 5.74) is 1.36. The van der Waals surface area contributed by atoms with Gasteiger partial charge in [-0.15, -0.1) is 0 Å². The van der Waals surface area contributed by atoms with E-state index in [-0.39, 0.29) is 12.2 Å². The lowest BCUT2D eigenvalue weighted by atomic mass is 10.2. The van der Waals surface area contributed by atoms with Gasteiger partial charge >= 0.3 is 5.97 Å². The molecule has 1 amide bonds. The molecule has 0 atom stereocenters. The number of carbonyl (C=O) groups is 2. The maximum atomic E-state index is 11.8. The predicted molar refractivity (Wildman–Crippen MR) is 83.3 cm³/mol. The van der Waals surface area contributed by atoms with Gasteiger partial charge in [0.2, 0.25) is 0 Å². The van der Waals surface area contributed by atoms with E-state index in [0.29, 0.717) is 17.9 Å². The summed E-state index contributed by atoms with van der Waals surface area (Å²) in [7, 11) is 0. The molecule has 0 radical (unpaired) electrons. The lowest BCUT2D eigenvalue weighted by Crippen LogP contribution is -2.20. The quantitative estimate of drug-likeness (QED) is 0.853. The average molecular weight is 310 g/mol. The highest BCUT2D eigenvalue weighted by Gasteiger charge is 2.07. The van der Waals surface area contributed by atoms with E-state index < -0.39 is 11.9 Å². The van der Waals surface area contributed by atoms with Crippen LogP contribution >= 0.6 is 0 Å². The number of ether oxygens (including phenoxy) is 1. The minimum atomic E-state index is -1.06. The highest BCUT2D eigenvalue weighted by molar-refractivity contribution is 5.94. The molecule has 0 aliphatic rings. The highest BCUT2D eigenvalue weighted by atomic mass is 16.5. The van der Waals surface area contributed by atoms with Crippen LogP contribution in [0.1, 0.15) is 15.9 Å². The fourth-order valence-electron chi connectivity index (χ4n) is 1.87. The topological polar surface area (TPSA) is 99.4 Å². The zero-order valence-electron chi connectivity index (χ0n) is 12.2. The highest BCUT2D eigenvalue weighted by Crippen LogP contribution is 2.13. The summed E-state index contributed by atoms with van der Waals surface area (Å²) in [5, 5.41) is 20.1. The van der Waals surface area contributed by atoms with Crippen molar-refractivity contribution < 1.29 is 19.4 Å². The molecule has 0 spiro atoms. The number of benzene rings is 2. The van der Waals surface area contributed by atoms with E-state index in [0.717, 1.165) is 5.56 Å². The summed E-state index contributed by atoms with van der Waals surface area (Å²) in [6, 6.07) is 14.9. The summed E-state index contributed by atoms with van der Waals surface area (Å²) in [4.78, 5) is 22.7. The first-order chi connectivity index (χ1) is 11.1. The van der Waals surface area contributed by atoms with Crippen LogP contribution in [0.5, 0.6) is 5.75 Å². The van der Waals surface area contributed by atoms with E-state index in [1.165, 1.54) is 12.1 Å². The molecular weight excluding hydrogens is 296 g/mol. The van der Waals surface area contributed by atoms with Crippen LogP contribution in [-0.2, 0) is 11.2 Å². The summed E-state index contributed by atoms with van der Waals surface area (Å²) in [6.07, 6.45) is 0.320. The molecule has 2 aromatic rings. The molecule has 0 saturated heterocycles. The second-order valence-electron chi connectivity index (χ2n) is 4.70. The Kier molecular flexibility index (Phi) is 5.31. The molecule has 0 fully saturated rings. The third kappa shape index (κ3) is 4.86. The van der Waals surface area contributed by atoms with Crippen molar-refractivity contribution in [2.24, 2.45) is 0 Å². The average Bonchev–Trinajstić information content (AvgIpc) is 2.55. The van der Waals surface area contributed by atoms with Crippen LogP contribution < -0.4 is 10.1 Å². The summed E-state index contributed by atoms with van der Waals surface area (Å²) in [5.74, 6) is -0.940. The number of nitriles is 1. The monoisotopic (exact) mass is 310 g/mol. The van der Waals surface area contributed by atoms with Gasteiger partial charge in [-0.3, -0.25) is 4.79 Å². The number of nitrogens with one attached hydrogen (secondary N) is 1. The Morgan fingerprint density at radius 3 is 2.57 bits per heavy atom. The second-order valence-corrected chi connectivity index (χ2v) is 4.70. The van der Waals surface area contributed by atoms with Crippen LogP contribution in [0.15, 0.2) is 48.5 Å². The number of aromatic carboxylic acids is 1. The van der Waals surface area contributed by atoms with E-state index in [2.05, 4.69) is 5.32 Å². The number of nitrogens with zero attached hydrogens (tertiary/aromatic N) is 1. The third-order valence-electron chi connectivity index (χ3n) is 2.97. The van der Waals surface area contributed by atoms with Gasteiger partial charge in [-0.25, -0.2) is 4.79 Å². The SMILES string of the molecule is N#CCc1ccc(OCC(=O)Nc2cccc(C(=O)O)c2)cc1. The maximum absolute atomic E-state index is 11.8. The van der Waals surface area contributed by atoms with Crippen LogP contribution in [0.4, 0.5) is 5.69 Å². The minimum absolute atomic E-state index is 0.0943. The lowest BCUT2D eigenvalue weighted by Gasteiger charge is -2.08. The molecule has 6 heteroatoms. The predicted octanol–water partition coefficient (Wildman–Crippen LogP) is 2.47. The fourth-order valence-corrected chi connectivity index (χ4v) is 1.87. The molecule has 23 heavy (non-hydrogen) atoms. The zero-order valence-corrected chi connectivity index (χ0v) is 12.2. The molecule has 0 bridgehead atoms. The van der Waals surface area contributed by atoms with Gasteiger partial charge in [0.15, 0.2) is 6.61 Å². The molecule has 0 aliphatic carbocycles. The molecule has 0 aromatic heterocycles. The maximum Gasteiger partial charge on any atom is 0.335 e. The van der Waals surface area contributed by atoms with Crippen molar-refractivity contribution in [3.05, 3.63) is 59.7 Å². The number of carboxylic acid groups (broad SMARTS) is 1. The zero-order chi connectivity index (χ0) is 16.7. The molecule has 2 aromatic carbocycles. The molecule has 0 heterocycles. The largest absolute Gasteiger partial charge is 0.484 e. The Labute approximate surface area is 132 Å². The van der Waals surface area contributed by atoms with Crippen molar-refractivity contribution in [3.63, 3.8) is 0 Å². The van der Waals surface area contributed by atoms with Gasteiger partial charge in [-0.1, -0.05) is 18.2 Å². The smallest absolute Gasteiger partial charge is 0.335 e. The van der Waals surface area contributed by atoms with Crippen LogP contribution in [0, 0.1) is 11.3 Å².